The van der Waals surface area contributed by atoms with Crippen LogP contribution in [-0.2, 0) is 10.0 Å². The summed E-state index contributed by atoms with van der Waals surface area (Å²) < 4.78 is 28.0. The van der Waals surface area contributed by atoms with Crippen LogP contribution in [0.3, 0.4) is 0 Å². The number of benzene rings is 2. The molecule has 1 heterocycles. The van der Waals surface area contributed by atoms with E-state index in [4.69, 9.17) is 0 Å². The number of nitrogens with zero attached hydrogens (tertiary/aromatic N) is 1. The number of hydrogen-bond donors (Lipinski definition) is 1. The van der Waals surface area contributed by atoms with Crippen molar-refractivity contribution in [3.8, 4) is 0 Å². The highest BCUT2D eigenvalue weighted by Crippen LogP contribution is 2.24. The first kappa shape index (κ1) is 20.0. The third-order valence-corrected chi connectivity index (χ3v) is 7.30. The van der Waals surface area contributed by atoms with E-state index in [0.717, 1.165) is 28.4 Å². The number of carbonyl (C=O) groups excluding carboxylic acids is 1. The molecule has 144 valence electrons. The highest BCUT2D eigenvalue weighted by molar-refractivity contribution is 9.10. The summed E-state index contributed by atoms with van der Waals surface area (Å²) in [6, 6.07) is 12.3. The lowest BCUT2D eigenvalue weighted by Crippen LogP contribution is -2.29. The van der Waals surface area contributed by atoms with E-state index >= 15 is 0 Å². The van der Waals surface area contributed by atoms with Crippen molar-refractivity contribution in [2.45, 2.75) is 37.6 Å². The molecular weight excluding hydrogens is 428 g/mol. The molecule has 1 saturated heterocycles. The lowest BCUT2D eigenvalue weighted by atomic mass is 10.1. The van der Waals surface area contributed by atoms with Crippen molar-refractivity contribution in [2.75, 3.05) is 13.1 Å². The first-order valence-electron chi connectivity index (χ1n) is 8.96. The van der Waals surface area contributed by atoms with Crippen LogP contribution in [0.1, 0.15) is 47.3 Å². The summed E-state index contributed by atoms with van der Waals surface area (Å²) in [5, 5.41) is 2.96. The average Bonchev–Trinajstić information content (AvgIpc) is 3.18. The fraction of sp³-hybridized carbons (Fsp3) is 0.350. The molecule has 1 aliphatic rings. The molecule has 0 spiro atoms. The van der Waals surface area contributed by atoms with E-state index in [2.05, 4.69) is 21.2 Å². The molecule has 1 N–H and O–H groups in total. The van der Waals surface area contributed by atoms with Crippen molar-refractivity contribution in [3.63, 3.8) is 0 Å². The van der Waals surface area contributed by atoms with Gasteiger partial charge in [-0.2, -0.15) is 4.31 Å². The fourth-order valence-electron chi connectivity index (χ4n) is 3.19. The second-order valence-electron chi connectivity index (χ2n) is 6.83. The van der Waals surface area contributed by atoms with Gasteiger partial charge in [0.1, 0.15) is 0 Å². The standard InChI is InChI=1S/C20H23BrN2O3S/c1-14-5-10-18(27(25,26)23-11-3-4-12-23)13-19(14)20(24)22-15(2)16-6-8-17(21)9-7-16/h5-10,13,15H,3-4,11-12H2,1-2H3,(H,22,24)/t15-/m1/s1. The minimum absolute atomic E-state index is 0.177. The van der Waals surface area contributed by atoms with Gasteiger partial charge in [0.05, 0.1) is 10.9 Å². The Labute approximate surface area is 169 Å². The summed E-state index contributed by atoms with van der Waals surface area (Å²) >= 11 is 3.40. The molecule has 1 atom stereocenters. The number of carbonyl (C=O) groups is 1. The van der Waals surface area contributed by atoms with Gasteiger partial charge in [0.25, 0.3) is 5.91 Å². The molecule has 0 radical (unpaired) electrons. The van der Waals surface area contributed by atoms with Gasteiger partial charge < -0.3 is 5.32 Å². The van der Waals surface area contributed by atoms with Crippen molar-refractivity contribution in [3.05, 3.63) is 63.6 Å². The number of nitrogens with one attached hydrogen (secondary N) is 1. The van der Waals surface area contributed by atoms with Crippen LogP contribution in [-0.4, -0.2) is 31.7 Å². The molecule has 5 nitrogen and oxygen atoms in total. The molecule has 1 fully saturated rings. The van der Waals surface area contributed by atoms with Gasteiger partial charge in [-0.1, -0.05) is 34.1 Å². The predicted octanol–water partition coefficient (Wildman–Crippen LogP) is 4.03. The normalized spacial score (nSPS) is 16.3. The van der Waals surface area contributed by atoms with E-state index in [9.17, 15) is 13.2 Å². The Morgan fingerprint density at radius 3 is 2.37 bits per heavy atom. The van der Waals surface area contributed by atoms with Crippen molar-refractivity contribution in [2.24, 2.45) is 0 Å². The van der Waals surface area contributed by atoms with Crippen LogP contribution < -0.4 is 5.32 Å². The number of sulfonamides is 1. The van der Waals surface area contributed by atoms with Crippen molar-refractivity contribution < 1.29 is 13.2 Å². The molecule has 27 heavy (non-hydrogen) atoms. The summed E-state index contributed by atoms with van der Waals surface area (Å²) in [4.78, 5) is 13.0. The lowest BCUT2D eigenvalue weighted by Gasteiger charge is -2.18. The number of aryl methyl sites for hydroxylation is 1. The molecule has 3 rings (SSSR count). The van der Waals surface area contributed by atoms with Crippen LogP contribution in [0.4, 0.5) is 0 Å². The third kappa shape index (κ3) is 4.42. The van der Waals surface area contributed by atoms with Crippen molar-refractivity contribution in [1.82, 2.24) is 9.62 Å². The largest absolute Gasteiger partial charge is 0.346 e. The SMILES string of the molecule is Cc1ccc(S(=O)(=O)N2CCCC2)cc1C(=O)N[C@H](C)c1ccc(Br)cc1. The number of hydrogen-bond acceptors (Lipinski definition) is 3. The van der Waals surface area contributed by atoms with Gasteiger partial charge in [-0.25, -0.2) is 8.42 Å². The predicted molar refractivity (Wildman–Crippen MR) is 109 cm³/mol. The van der Waals surface area contributed by atoms with Crippen LogP contribution in [0.5, 0.6) is 0 Å². The summed E-state index contributed by atoms with van der Waals surface area (Å²) in [5.74, 6) is -0.276. The Morgan fingerprint density at radius 2 is 1.74 bits per heavy atom. The number of amides is 1. The Bertz CT molecular complexity index is 936. The molecule has 0 bridgehead atoms. The minimum Gasteiger partial charge on any atom is -0.346 e. The lowest BCUT2D eigenvalue weighted by molar-refractivity contribution is 0.0939. The van der Waals surface area contributed by atoms with Crippen LogP contribution >= 0.6 is 15.9 Å². The maximum absolute atomic E-state index is 12.8. The first-order valence-corrected chi connectivity index (χ1v) is 11.2. The Morgan fingerprint density at radius 1 is 1.11 bits per heavy atom. The minimum atomic E-state index is -3.55. The van der Waals surface area contributed by atoms with Gasteiger partial charge >= 0.3 is 0 Å². The topological polar surface area (TPSA) is 66.5 Å². The monoisotopic (exact) mass is 450 g/mol. The van der Waals surface area contributed by atoms with Gasteiger partial charge in [-0.3, -0.25) is 4.79 Å². The molecule has 1 amide bonds. The van der Waals surface area contributed by atoms with Gasteiger partial charge in [0.2, 0.25) is 10.0 Å². The zero-order valence-corrected chi connectivity index (χ0v) is 17.8. The molecule has 2 aromatic carbocycles. The summed E-state index contributed by atoms with van der Waals surface area (Å²) in [5.41, 5.74) is 2.11. The van der Waals surface area contributed by atoms with E-state index in [1.807, 2.05) is 38.1 Å². The molecule has 0 saturated carbocycles. The Hall–Kier alpha value is -1.70. The Kier molecular flexibility index (Phi) is 6.03. The zero-order valence-electron chi connectivity index (χ0n) is 15.4. The van der Waals surface area contributed by atoms with Gasteiger partial charge in [-0.15, -0.1) is 0 Å². The second-order valence-corrected chi connectivity index (χ2v) is 9.69. The van der Waals surface area contributed by atoms with Gasteiger partial charge in [0, 0.05) is 23.1 Å². The molecule has 0 aliphatic carbocycles. The molecule has 7 heteroatoms. The molecular formula is C20H23BrN2O3S. The van der Waals surface area contributed by atoms with Crippen LogP contribution in [0.15, 0.2) is 51.8 Å². The van der Waals surface area contributed by atoms with Crippen LogP contribution in [0.2, 0.25) is 0 Å². The van der Waals surface area contributed by atoms with E-state index in [1.54, 1.807) is 12.1 Å². The summed E-state index contributed by atoms with van der Waals surface area (Å²) in [6.45, 7) is 4.80. The number of rotatable bonds is 5. The van der Waals surface area contributed by atoms with Crippen LogP contribution in [0.25, 0.3) is 0 Å². The number of halogens is 1. The summed E-state index contributed by atoms with van der Waals surface area (Å²) in [6.07, 6.45) is 1.76. The highest BCUT2D eigenvalue weighted by atomic mass is 79.9. The van der Waals surface area contributed by atoms with E-state index in [0.29, 0.717) is 18.7 Å². The van der Waals surface area contributed by atoms with E-state index < -0.39 is 10.0 Å². The van der Waals surface area contributed by atoms with Crippen LogP contribution in [0, 0.1) is 6.92 Å². The molecule has 0 unspecified atom stereocenters. The Balaban J connectivity index is 1.83. The molecule has 1 aliphatic heterocycles. The molecule has 2 aromatic rings. The zero-order chi connectivity index (χ0) is 19.6. The third-order valence-electron chi connectivity index (χ3n) is 4.87. The van der Waals surface area contributed by atoms with Crippen molar-refractivity contribution in [1.29, 1.82) is 0 Å². The smallest absolute Gasteiger partial charge is 0.252 e. The van der Waals surface area contributed by atoms with Crippen molar-refractivity contribution >= 4 is 31.9 Å². The quantitative estimate of drug-likeness (QED) is 0.747. The average molecular weight is 451 g/mol. The highest BCUT2D eigenvalue weighted by Gasteiger charge is 2.28. The maximum Gasteiger partial charge on any atom is 0.252 e. The second kappa shape index (κ2) is 8.12. The van der Waals surface area contributed by atoms with Gasteiger partial charge in [-0.05, 0) is 62.1 Å². The molecule has 0 aromatic heterocycles. The van der Waals surface area contributed by atoms with E-state index in [-0.39, 0.29) is 16.8 Å². The maximum atomic E-state index is 12.8. The fourth-order valence-corrected chi connectivity index (χ4v) is 5.00. The van der Waals surface area contributed by atoms with Gasteiger partial charge in [0.15, 0.2) is 0 Å². The first-order chi connectivity index (χ1) is 12.8. The summed E-state index contributed by atoms with van der Waals surface area (Å²) in [7, 11) is -3.55. The van der Waals surface area contributed by atoms with E-state index in [1.165, 1.54) is 10.4 Å².